The summed E-state index contributed by atoms with van der Waals surface area (Å²) >= 11 is 0. The molecule has 0 saturated carbocycles. The van der Waals surface area contributed by atoms with Crippen molar-refractivity contribution in [1.29, 1.82) is 0 Å². The number of nitrogens with one attached hydrogen (secondary N) is 1. The third-order valence-electron chi connectivity index (χ3n) is 3.57. The van der Waals surface area contributed by atoms with Crippen LogP contribution in [0.25, 0.3) is 0 Å². The first-order chi connectivity index (χ1) is 9.95. The van der Waals surface area contributed by atoms with Crippen LogP contribution in [0.1, 0.15) is 19.4 Å². The number of nitrogens with zero attached hydrogens (tertiary/aromatic N) is 1. The molecule has 0 radical (unpaired) electrons. The SMILES string of the molecule is COc1cccc(CN2C(=O)CNC(=O)C2C(C)C)c1F. The number of methoxy groups -OCH3 is 1. The Hall–Kier alpha value is -2.11. The number of amides is 2. The van der Waals surface area contributed by atoms with Crippen LogP contribution in [-0.2, 0) is 16.1 Å². The van der Waals surface area contributed by atoms with Crippen LogP contribution in [0.3, 0.4) is 0 Å². The van der Waals surface area contributed by atoms with Crippen LogP contribution in [0.2, 0.25) is 0 Å². The van der Waals surface area contributed by atoms with E-state index in [1.165, 1.54) is 18.1 Å². The van der Waals surface area contributed by atoms with Gasteiger partial charge in [0.2, 0.25) is 11.8 Å². The molecular weight excluding hydrogens is 275 g/mol. The van der Waals surface area contributed by atoms with Crippen LogP contribution in [-0.4, -0.2) is 36.4 Å². The number of carbonyl (C=O) groups excluding carboxylic acids is 2. The maximum absolute atomic E-state index is 14.2. The molecule has 1 aliphatic heterocycles. The fourth-order valence-corrected chi connectivity index (χ4v) is 2.53. The highest BCUT2D eigenvalue weighted by Gasteiger charge is 2.36. The molecule has 0 aliphatic carbocycles. The van der Waals surface area contributed by atoms with E-state index in [1.807, 2.05) is 13.8 Å². The van der Waals surface area contributed by atoms with Crippen LogP contribution in [0.15, 0.2) is 18.2 Å². The molecule has 21 heavy (non-hydrogen) atoms. The van der Waals surface area contributed by atoms with E-state index in [1.54, 1.807) is 12.1 Å². The lowest BCUT2D eigenvalue weighted by Gasteiger charge is -2.37. The molecule has 0 aromatic heterocycles. The van der Waals surface area contributed by atoms with Crippen molar-refractivity contribution in [3.05, 3.63) is 29.6 Å². The van der Waals surface area contributed by atoms with Crippen LogP contribution in [0, 0.1) is 11.7 Å². The van der Waals surface area contributed by atoms with Gasteiger partial charge in [-0.15, -0.1) is 0 Å². The molecule has 6 heteroatoms. The normalized spacial score (nSPS) is 18.9. The van der Waals surface area contributed by atoms with Gasteiger partial charge in [-0.25, -0.2) is 4.39 Å². The van der Waals surface area contributed by atoms with Crippen molar-refractivity contribution in [2.75, 3.05) is 13.7 Å². The highest BCUT2D eigenvalue weighted by molar-refractivity contribution is 5.94. The van der Waals surface area contributed by atoms with Crippen LogP contribution >= 0.6 is 0 Å². The average molecular weight is 294 g/mol. The summed E-state index contributed by atoms with van der Waals surface area (Å²) < 4.78 is 19.2. The van der Waals surface area contributed by atoms with Gasteiger partial charge in [0.25, 0.3) is 0 Å². The molecule has 1 N–H and O–H groups in total. The summed E-state index contributed by atoms with van der Waals surface area (Å²) in [4.78, 5) is 25.5. The summed E-state index contributed by atoms with van der Waals surface area (Å²) in [6.07, 6.45) is 0. The minimum absolute atomic E-state index is 0.0480. The zero-order chi connectivity index (χ0) is 15.6. The van der Waals surface area contributed by atoms with Gasteiger partial charge in [0.15, 0.2) is 11.6 Å². The molecule has 2 rings (SSSR count). The van der Waals surface area contributed by atoms with Gasteiger partial charge in [-0.05, 0) is 12.0 Å². The Morgan fingerprint density at radius 1 is 1.43 bits per heavy atom. The number of rotatable bonds is 4. The van der Waals surface area contributed by atoms with E-state index in [-0.39, 0.29) is 36.6 Å². The second kappa shape index (κ2) is 6.11. The first-order valence-corrected chi connectivity index (χ1v) is 6.84. The number of halogens is 1. The number of hydrogen-bond acceptors (Lipinski definition) is 3. The van der Waals surface area contributed by atoms with Gasteiger partial charge in [0.05, 0.1) is 13.7 Å². The minimum atomic E-state index is -0.586. The van der Waals surface area contributed by atoms with Gasteiger partial charge in [-0.1, -0.05) is 26.0 Å². The summed E-state index contributed by atoms with van der Waals surface area (Å²) in [6, 6.07) is 4.19. The Morgan fingerprint density at radius 2 is 2.14 bits per heavy atom. The fraction of sp³-hybridized carbons (Fsp3) is 0.467. The van der Waals surface area contributed by atoms with Crippen molar-refractivity contribution < 1.29 is 18.7 Å². The van der Waals surface area contributed by atoms with Gasteiger partial charge < -0.3 is 15.0 Å². The van der Waals surface area contributed by atoms with Crippen molar-refractivity contribution in [3.63, 3.8) is 0 Å². The van der Waals surface area contributed by atoms with E-state index < -0.39 is 11.9 Å². The van der Waals surface area contributed by atoms with Crippen molar-refractivity contribution >= 4 is 11.8 Å². The monoisotopic (exact) mass is 294 g/mol. The average Bonchev–Trinajstić information content (AvgIpc) is 2.44. The van der Waals surface area contributed by atoms with Gasteiger partial charge >= 0.3 is 0 Å². The Kier molecular flexibility index (Phi) is 4.45. The molecule has 0 bridgehead atoms. The molecule has 1 fully saturated rings. The lowest BCUT2D eigenvalue weighted by Crippen LogP contribution is -2.59. The summed E-state index contributed by atoms with van der Waals surface area (Å²) in [6.45, 7) is 3.72. The summed E-state index contributed by atoms with van der Waals surface area (Å²) in [5, 5.41) is 2.57. The smallest absolute Gasteiger partial charge is 0.243 e. The predicted octanol–water partition coefficient (Wildman–Crippen LogP) is 1.32. The molecule has 1 aromatic rings. The zero-order valence-corrected chi connectivity index (χ0v) is 12.4. The largest absolute Gasteiger partial charge is 0.494 e. The third-order valence-corrected chi connectivity index (χ3v) is 3.57. The Morgan fingerprint density at radius 3 is 2.76 bits per heavy atom. The van der Waals surface area contributed by atoms with Gasteiger partial charge in [-0.2, -0.15) is 0 Å². The topological polar surface area (TPSA) is 58.6 Å². The van der Waals surface area contributed by atoms with Crippen molar-refractivity contribution in [2.24, 2.45) is 5.92 Å². The molecule has 114 valence electrons. The fourth-order valence-electron chi connectivity index (χ4n) is 2.53. The second-order valence-electron chi connectivity index (χ2n) is 5.36. The van der Waals surface area contributed by atoms with E-state index in [9.17, 15) is 14.0 Å². The van der Waals surface area contributed by atoms with E-state index in [0.29, 0.717) is 5.56 Å². The Bertz CT molecular complexity index is 560. The minimum Gasteiger partial charge on any atom is -0.494 e. The van der Waals surface area contributed by atoms with Crippen LogP contribution in [0.4, 0.5) is 4.39 Å². The van der Waals surface area contributed by atoms with Crippen LogP contribution < -0.4 is 10.1 Å². The zero-order valence-electron chi connectivity index (χ0n) is 12.4. The lowest BCUT2D eigenvalue weighted by atomic mass is 9.98. The number of piperazine rings is 1. The first-order valence-electron chi connectivity index (χ1n) is 6.84. The van der Waals surface area contributed by atoms with E-state index >= 15 is 0 Å². The van der Waals surface area contributed by atoms with Gasteiger partial charge in [0.1, 0.15) is 6.04 Å². The number of hydrogen-bond donors (Lipinski definition) is 1. The quantitative estimate of drug-likeness (QED) is 0.911. The first kappa shape index (κ1) is 15.3. The Balaban J connectivity index is 2.31. The summed E-state index contributed by atoms with van der Waals surface area (Å²) in [5.74, 6) is -0.838. The second-order valence-corrected chi connectivity index (χ2v) is 5.36. The number of carbonyl (C=O) groups is 2. The molecule has 1 atom stereocenters. The maximum atomic E-state index is 14.2. The van der Waals surface area contributed by atoms with E-state index in [0.717, 1.165) is 0 Å². The predicted molar refractivity (Wildman–Crippen MR) is 75.1 cm³/mol. The van der Waals surface area contributed by atoms with Crippen molar-refractivity contribution in [3.8, 4) is 5.75 Å². The third kappa shape index (κ3) is 2.99. The van der Waals surface area contributed by atoms with Crippen LogP contribution in [0.5, 0.6) is 5.75 Å². The van der Waals surface area contributed by atoms with E-state index in [4.69, 9.17) is 4.74 Å². The summed E-state index contributed by atoms with van der Waals surface area (Å²) in [7, 11) is 1.39. The molecule has 1 aromatic carbocycles. The molecule has 0 spiro atoms. The standard InChI is InChI=1S/C15H19FN2O3/c1-9(2)14-15(20)17-7-12(19)18(14)8-10-5-4-6-11(21-3)13(10)16/h4-6,9,14H,7-8H2,1-3H3,(H,17,20). The van der Waals surface area contributed by atoms with Gasteiger partial charge in [-0.3, -0.25) is 9.59 Å². The lowest BCUT2D eigenvalue weighted by molar-refractivity contribution is -0.148. The molecular formula is C15H19FN2O3. The maximum Gasteiger partial charge on any atom is 0.243 e. The van der Waals surface area contributed by atoms with Crippen molar-refractivity contribution in [2.45, 2.75) is 26.4 Å². The molecule has 5 nitrogen and oxygen atoms in total. The highest BCUT2D eigenvalue weighted by Crippen LogP contribution is 2.24. The molecule has 2 amide bonds. The molecule has 1 heterocycles. The number of ether oxygens (including phenoxy) is 1. The summed E-state index contributed by atoms with van der Waals surface area (Å²) in [5.41, 5.74) is 0.336. The number of benzene rings is 1. The Labute approximate surface area is 123 Å². The van der Waals surface area contributed by atoms with Gasteiger partial charge in [0, 0.05) is 12.1 Å². The van der Waals surface area contributed by atoms with E-state index in [2.05, 4.69) is 5.32 Å². The highest BCUT2D eigenvalue weighted by atomic mass is 19.1. The molecule has 1 aliphatic rings. The van der Waals surface area contributed by atoms with Crippen molar-refractivity contribution in [1.82, 2.24) is 10.2 Å². The molecule has 1 unspecified atom stereocenters. The molecule has 1 saturated heterocycles.